The third-order valence-electron chi connectivity index (χ3n) is 3.11. The van der Waals surface area contributed by atoms with Crippen molar-refractivity contribution in [3.8, 4) is 0 Å². The Balaban J connectivity index is 1.86. The Bertz CT molecular complexity index is 356. The zero-order chi connectivity index (χ0) is 11.5. The largest absolute Gasteiger partial charge is 0.355 e. The van der Waals surface area contributed by atoms with Crippen LogP contribution in [0.2, 0.25) is 0 Å². The average Bonchev–Trinajstić information content (AvgIpc) is 2.59. The third-order valence-corrected chi connectivity index (χ3v) is 3.11. The Morgan fingerprint density at radius 2 is 2.31 bits per heavy atom. The Morgan fingerprint density at radius 3 is 2.88 bits per heavy atom. The molecule has 0 spiro atoms. The van der Waals surface area contributed by atoms with Gasteiger partial charge in [0.15, 0.2) is 0 Å². The molecule has 2 rings (SSSR count). The maximum atomic E-state index is 11.0. The van der Waals surface area contributed by atoms with Gasteiger partial charge in [0.1, 0.15) is 0 Å². The highest BCUT2D eigenvalue weighted by Crippen LogP contribution is 2.10. The first-order valence-electron chi connectivity index (χ1n) is 5.67. The van der Waals surface area contributed by atoms with E-state index in [4.69, 9.17) is 0 Å². The zero-order valence-corrected chi connectivity index (χ0v) is 9.76. The quantitative estimate of drug-likeness (QED) is 0.693. The van der Waals surface area contributed by atoms with Crippen LogP contribution < -0.4 is 10.6 Å². The Labute approximate surface area is 95.0 Å². The summed E-state index contributed by atoms with van der Waals surface area (Å²) in [6, 6.07) is 0.381. The minimum atomic E-state index is 0.161. The molecule has 88 valence electrons. The minimum Gasteiger partial charge on any atom is -0.355 e. The first-order valence-corrected chi connectivity index (χ1v) is 5.67. The number of H-pyrrole nitrogens is 1. The summed E-state index contributed by atoms with van der Waals surface area (Å²) in [5, 5.41) is 13.4. The van der Waals surface area contributed by atoms with Gasteiger partial charge in [-0.05, 0) is 20.3 Å². The number of carbonyl (C=O) groups excluding carboxylic acids is 1. The number of nitrogens with zero attached hydrogens (tertiary/aromatic N) is 1. The van der Waals surface area contributed by atoms with Gasteiger partial charge in [-0.1, -0.05) is 0 Å². The zero-order valence-electron chi connectivity index (χ0n) is 9.76. The van der Waals surface area contributed by atoms with Gasteiger partial charge in [0.25, 0.3) is 0 Å². The van der Waals surface area contributed by atoms with Crippen LogP contribution in [0.4, 0.5) is 0 Å². The van der Waals surface area contributed by atoms with Gasteiger partial charge in [0.2, 0.25) is 5.91 Å². The van der Waals surface area contributed by atoms with E-state index >= 15 is 0 Å². The van der Waals surface area contributed by atoms with Crippen molar-refractivity contribution < 1.29 is 4.79 Å². The van der Waals surface area contributed by atoms with Gasteiger partial charge in [0, 0.05) is 36.8 Å². The molecular formula is C11H18N4O. The highest BCUT2D eigenvalue weighted by atomic mass is 16.1. The molecular weight excluding hydrogens is 204 g/mol. The van der Waals surface area contributed by atoms with E-state index in [2.05, 4.69) is 20.8 Å². The fraction of sp³-hybridized carbons (Fsp3) is 0.636. The average molecular weight is 222 g/mol. The minimum absolute atomic E-state index is 0.161. The van der Waals surface area contributed by atoms with Gasteiger partial charge in [0.05, 0.1) is 5.69 Å². The molecule has 5 nitrogen and oxygen atoms in total. The Kier molecular flexibility index (Phi) is 3.24. The lowest BCUT2D eigenvalue weighted by molar-refractivity contribution is -0.122. The second-order valence-corrected chi connectivity index (χ2v) is 4.33. The number of aryl methyl sites for hydroxylation is 2. The second-order valence-electron chi connectivity index (χ2n) is 4.33. The number of hydrogen-bond donors (Lipinski definition) is 3. The van der Waals surface area contributed by atoms with Crippen molar-refractivity contribution in [1.29, 1.82) is 0 Å². The SMILES string of the molecule is Cc1n[nH]c(C)c1CNC1CCC(=O)NC1. The predicted molar refractivity (Wildman–Crippen MR) is 60.9 cm³/mol. The lowest BCUT2D eigenvalue weighted by Crippen LogP contribution is -2.45. The lowest BCUT2D eigenvalue weighted by atomic mass is 10.1. The molecule has 0 aromatic carbocycles. The van der Waals surface area contributed by atoms with Crippen LogP contribution in [0.15, 0.2) is 0 Å². The summed E-state index contributed by atoms with van der Waals surface area (Å²) < 4.78 is 0. The van der Waals surface area contributed by atoms with Crippen molar-refractivity contribution >= 4 is 5.91 Å². The van der Waals surface area contributed by atoms with E-state index in [1.54, 1.807) is 0 Å². The summed E-state index contributed by atoms with van der Waals surface area (Å²) in [7, 11) is 0. The van der Waals surface area contributed by atoms with Crippen LogP contribution in [0.5, 0.6) is 0 Å². The summed E-state index contributed by atoms with van der Waals surface area (Å²) in [6.07, 6.45) is 1.54. The van der Waals surface area contributed by atoms with E-state index in [0.29, 0.717) is 12.5 Å². The number of rotatable bonds is 3. The maximum absolute atomic E-state index is 11.0. The van der Waals surface area contributed by atoms with Crippen molar-refractivity contribution in [2.75, 3.05) is 6.54 Å². The molecule has 1 saturated heterocycles. The smallest absolute Gasteiger partial charge is 0.220 e. The summed E-state index contributed by atoms with van der Waals surface area (Å²) in [5.41, 5.74) is 3.39. The molecule has 1 atom stereocenters. The van der Waals surface area contributed by atoms with E-state index in [-0.39, 0.29) is 5.91 Å². The predicted octanol–water partition coefficient (Wildman–Crippen LogP) is 0.395. The monoisotopic (exact) mass is 222 g/mol. The van der Waals surface area contributed by atoms with Crippen LogP contribution in [0.25, 0.3) is 0 Å². The first-order chi connectivity index (χ1) is 7.66. The molecule has 1 amide bonds. The third kappa shape index (κ3) is 2.41. The summed E-state index contributed by atoms with van der Waals surface area (Å²) >= 11 is 0. The second kappa shape index (κ2) is 4.65. The molecule has 1 unspecified atom stereocenters. The molecule has 5 heteroatoms. The van der Waals surface area contributed by atoms with Gasteiger partial charge in [-0.3, -0.25) is 9.89 Å². The van der Waals surface area contributed by atoms with Crippen LogP contribution in [0, 0.1) is 13.8 Å². The molecule has 0 bridgehead atoms. The van der Waals surface area contributed by atoms with Gasteiger partial charge in [-0.15, -0.1) is 0 Å². The molecule has 16 heavy (non-hydrogen) atoms. The topological polar surface area (TPSA) is 69.8 Å². The van der Waals surface area contributed by atoms with Crippen LogP contribution in [-0.4, -0.2) is 28.7 Å². The van der Waals surface area contributed by atoms with Gasteiger partial charge in [-0.25, -0.2) is 0 Å². The fourth-order valence-corrected chi connectivity index (χ4v) is 1.99. The van der Waals surface area contributed by atoms with Crippen molar-refractivity contribution in [1.82, 2.24) is 20.8 Å². The Hall–Kier alpha value is -1.36. The van der Waals surface area contributed by atoms with E-state index in [0.717, 1.165) is 30.9 Å². The highest BCUT2D eigenvalue weighted by molar-refractivity contribution is 5.76. The van der Waals surface area contributed by atoms with E-state index in [1.165, 1.54) is 5.56 Å². The summed E-state index contributed by atoms with van der Waals surface area (Å²) in [4.78, 5) is 11.0. The van der Waals surface area contributed by atoms with Crippen molar-refractivity contribution in [2.24, 2.45) is 0 Å². The number of piperidine rings is 1. The van der Waals surface area contributed by atoms with E-state index in [9.17, 15) is 4.79 Å². The lowest BCUT2D eigenvalue weighted by Gasteiger charge is -2.23. The van der Waals surface area contributed by atoms with Crippen LogP contribution in [-0.2, 0) is 11.3 Å². The van der Waals surface area contributed by atoms with Crippen LogP contribution in [0.1, 0.15) is 29.8 Å². The van der Waals surface area contributed by atoms with Gasteiger partial charge >= 0.3 is 0 Å². The molecule has 1 aromatic heterocycles. The van der Waals surface area contributed by atoms with Crippen molar-refractivity contribution in [2.45, 2.75) is 39.3 Å². The number of aromatic nitrogens is 2. The normalized spacial score (nSPS) is 20.9. The Morgan fingerprint density at radius 1 is 1.50 bits per heavy atom. The van der Waals surface area contributed by atoms with Crippen molar-refractivity contribution in [3.63, 3.8) is 0 Å². The van der Waals surface area contributed by atoms with Crippen molar-refractivity contribution in [3.05, 3.63) is 17.0 Å². The van der Waals surface area contributed by atoms with E-state index < -0.39 is 0 Å². The maximum Gasteiger partial charge on any atom is 0.220 e. The summed E-state index contributed by atoms with van der Waals surface area (Å²) in [6.45, 7) is 5.58. The molecule has 1 aliphatic rings. The number of nitrogens with one attached hydrogen (secondary N) is 3. The molecule has 1 fully saturated rings. The van der Waals surface area contributed by atoms with Crippen LogP contribution in [0.3, 0.4) is 0 Å². The first kappa shape index (κ1) is 11.1. The summed E-state index contributed by atoms with van der Waals surface area (Å²) in [5.74, 6) is 0.161. The molecule has 3 N–H and O–H groups in total. The van der Waals surface area contributed by atoms with E-state index in [1.807, 2.05) is 13.8 Å². The molecule has 1 aliphatic heterocycles. The number of amides is 1. The van der Waals surface area contributed by atoms with Gasteiger partial charge in [-0.2, -0.15) is 5.10 Å². The molecule has 0 saturated carbocycles. The van der Waals surface area contributed by atoms with Gasteiger partial charge < -0.3 is 10.6 Å². The molecule has 1 aromatic rings. The standard InChI is InChI=1S/C11H18N4O/c1-7-10(8(2)15-14-7)6-12-9-3-4-11(16)13-5-9/h9,12H,3-6H2,1-2H3,(H,13,16)(H,14,15). The fourth-order valence-electron chi connectivity index (χ4n) is 1.99. The number of hydrogen-bond acceptors (Lipinski definition) is 3. The number of aromatic amines is 1. The molecule has 0 radical (unpaired) electrons. The molecule has 0 aliphatic carbocycles. The highest BCUT2D eigenvalue weighted by Gasteiger charge is 2.17. The molecule has 2 heterocycles. The van der Waals surface area contributed by atoms with Crippen LogP contribution >= 0.6 is 0 Å². The number of carbonyl (C=O) groups is 1.